The highest BCUT2D eigenvalue weighted by atomic mass is 16.5. The predicted molar refractivity (Wildman–Crippen MR) is 91.4 cm³/mol. The van der Waals surface area contributed by atoms with Crippen LogP contribution in [0.4, 0.5) is 0 Å². The van der Waals surface area contributed by atoms with Crippen LogP contribution in [0.15, 0.2) is 59.0 Å². The number of aromatic nitrogens is 2. The number of ether oxygens (including phenoxy) is 1. The van der Waals surface area contributed by atoms with Gasteiger partial charge in [-0.1, -0.05) is 30.3 Å². The van der Waals surface area contributed by atoms with Crippen LogP contribution in [0, 0.1) is 0 Å². The van der Waals surface area contributed by atoms with E-state index in [1.165, 1.54) is 17.7 Å². The number of rotatable bonds is 8. The molecule has 0 aliphatic rings. The predicted octanol–water partition coefficient (Wildman–Crippen LogP) is 3.24. The monoisotopic (exact) mass is 338 g/mol. The van der Waals surface area contributed by atoms with E-state index in [0.717, 1.165) is 6.42 Å². The minimum atomic E-state index is -0.967. The van der Waals surface area contributed by atoms with Crippen molar-refractivity contribution in [3.8, 4) is 11.5 Å². The Hall–Kier alpha value is -2.99. The van der Waals surface area contributed by atoms with Crippen LogP contribution in [0.2, 0.25) is 0 Å². The maximum Gasteiger partial charge on any atom is 0.335 e. The van der Waals surface area contributed by atoms with Gasteiger partial charge in [-0.3, -0.25) is 0 Å². The number of benzene rings is 2. The van der Waals surface area contributed by atoms with Crippen molar-refractivity contribution in [3.05, 3.63) is 71.6 Å². The van der Waals surface area contributed by atoms with Crippen molar-refractivity contribution < 1.29 is 19.1 Å². The summed E-state index contributed by atoms with van der Waals surface area (Å²) < 4.78 is 11.2. The number of aromatic carboxylic acids is 1. The molecule has 0 amide bonds. The van der Waals surface area contributed by atoms with Gasteiger partial charge in [0.15, 0.2) is 0 Å². The van der Waals surface area contributed by atoms with Crippen molar-refractivity contribution >= 4 is 5.97 Å². The molecule has 0 saturated heterocycles. The molecule has 0 fully saturated rings. The molecule has 2 aromatic carbocycles. The Morgan fingerprint density at radius 3 is 2.40 bits per heavy atom. The average Bonchev–Trinajstić information content (AvgIpc) is 3.11. The lowest BCUT2D eigenvalue weighted by atomic mass is 10.1. The van der Waals surface area contributed by atoms with Gasteiger partial charge in [-0.15, -0.1) is 10.2 Å². The zero-order valence-electron chi connectivity index (χ0n) is 13.6. The number of hydrogen-bond donors (Lipinski definition) is 1. The van der Waals surface area contributed by atoms with Crippen molar-refractivity contribution in [3.63, 3.8) is 0 Å². The molecule has 0 unspecified atom stereocenters. The molecule has 0 aliphatic heterocycles. The molecule has 0 spiro atoms. The molecule has 128 valence electrons. The number of carboxylic acids is 1. The smallest absolute Gasteiger partial charge is 0.335 e. The molecule has 1 N–H and O–H groups in total. The topological polar surface area (TPSA) is 85.5 Å². The lowest BCUT2D eigenvalue weighted by molar-refractivity contribution is 0.0697. The second kappa shape index (κ2) is 8.21. The van der Waals surface area contributed by atoms with E-state index in [1.54, 1.807) is 12.1 Å². The largest absolute Gasteiger partial charge is 0.478 e. The third-order valence-corrected chi connectivity index (χ3v) is 3.68. The van der Waals surface area contributed by atoms with Gasteiger partial charge >= 0.3 is 5.97 Å². The van der Waals surface area contributed by atoms with Gasteiger partial charge in [0.05, 0.1) is 18.8 Å². The van der Waals surface area contributed by atoms with Crippen LogP contribution >= 0.6 is 0 Å². The highest BCUT2D eigenvalue weighted by Crippen LogP contribution is 2.18. The number of hydrogen-bond acceptors (Lipinski definition) is 5. The van der Waals surface area contributed by atoms with Gasteiger partial charge in [0.2, 0.25) is 11.8 Å². The zero-order chi connectivity index (χ0) is 17.5. The summed E-state index contributed by atoms with van der Waals surface area (Å²) in [7, 11) is 0. The van der Waals surface area contributed by atoms with Gasteiger partial charge in [-0.05, 0) is 36.2 Å². The van der Waals surface area contributed by atoms with Crippen molar-refractivity contribution in [2.75, 3.05) is 13.2 Å². The summed E-state index contributed by atoms with van der Waals surface area (Å²) in [4.78, 5) is 10.8. The van der Waals surface area contributed by atoms with Crippen LogP contribution in [0.1, 0.15) is 21.8 Å². The number of nitrogens with zero attached hydrogens (tertiary/aromatic N) is 2. The molecule has 25 heavy (non-hydrogen) atoms. The molecular formula is C19H18N2O4. The number of carboxylic acid groups (broad SMARTS) is 1. The van der Waals surface area contributed by atoms with Crippen molar-refractivity contribution in [2.24, 2.45) is 0 Å². The highest BCUT2D eigenvalue weighted by molar-refractivity contribution is 5.88. The SMILES string of the molecule is O=C(O)c1ccc(-c2nnc(CCOCCc3ccccc3)o2)cc1. The Morgan fingerprint density at radius 1 is 0.960 bits per heavy atom. The highest BCUT2D eigenvalue weighted by Gasteiger charge is 2.10. The summed E-state index contributed by atoms with van der Waals surface area (Å²) in [6, 6.07) is 16.5. The van der Waals surface area contributed by atoms with E-state index < -0.39 is 5.97 Å². The first-order valence-electron chi connectivity index (χ1n) is 8.00. The van der Waals surface area contributed by atoms with Crippen LogP contribution < -0.4 is 0 Å². The van der Waals surface area contributed by atoms with Gasteiger partial charge in [0.25, 0.3) is 0 Å². The molecule has 0 atom stereocenters. The van der Waals surface area contributed by atoms with Crippen molar-refractivity contribution in [1.82, 2.24) is 10.2 Å². The Balaban J connectivity index is 1.46. The quantitative estimate of drug-likeness (QED) is 0.635. The minimum Gasteiger partial charge on any atom is -0.478 e. The molecule has 0 saturated carbocycles. The molecule has 0 radical (unpaired) electrons. The Morgan fingerprint density at radius 2 is 1.68 bits per heavy atom. The van der Waals surface area contributed by atoms with E-state index >= 15 is 0 Å². The van der Waals surface area contributed by atoms with E-state index in [9.17, 15) is 4.79 Å². The second-order valence-electron chi connectivity index (χ2n) is 5.48. The van der Waals surface area contributed by atoms with E-state index in [1.807, 2.05) is 18.2 Å². The fourth-order valence-corrected chi connectivity index (χ4v) is 2.32. The van der Waals surface area contributed by atoms with Gasteiger partial charge in [0.1, 0.15) is 0 Å². The van der Waals surface area contributed by atoms with Gasteiger partial charge in [0, 0.05) is 12.0 Å². The summed E-state index contributed by atoms with van der Waals surface area (Å²) >= 11 is 0. The fraction of sp³-hybridized carbons (Fsp3) is 0.211. The molecule has 6 heteroatoms. The summed E-state index contributed by atoms with van der Waals surface area (Å²) in [5, 5.41) is 16.9. The third kappa shape index (κ3) is 4.74. The van der Waals surface area contributed by atoms with Crippen molar-refractivity contribution in [1.29, 1.82) is 0 Å². The molecule has 1 aromatic heterocycles. The normalized spacial score (nSPS) is 10.7. The minimum absolute atomic E-state index is 0.218. The van der Waals surface area contributed by atoms with Crippen LogP contribution in [0.25, 0.3) is 11.5 Å². The standard InChI is InChI=1S/C19H18N2O4/c22-19(23)16-8-6-15(7-9-16)18-21-20-17(25-18)11-13-24-12-10-14-4-2-1-3-5-14/h1-9H,10-13H2,(H,22,23). The summed E-state index contributed by atoms with van der Waals surface area (Å²) in [6.07, 6.45) is 1.40. The fourth-order valence-electron chi connectivity index (χ4n) is 2.32. The van der Waals surface area contributed by atoms with Crippen LogP contribution in [-0.4, -0.2) is 34.5 Å². The maximum atomic E-state index is 10.8. The lowest BCUT2D eigenvalue weighted by Crippen LogP contribution is -2.03. The van der Waals surface area contributed by atoms with E-state index in [0.29, 0.717) is 37.0 Å². The first kappa shape index (κ1) is 16.9. The van der Waals surface area contributed by atoms with E-state index in [4.69, 9.17) is 14.3 Å². The number of carbonyl (C=O) groups is 1. The molecule has 0 aliphatic carbocycles. The first-order valence-corrected chi connectivity index (χ1v) is 8.00. The molecular weight excluding hydrogens is 320 g/mol. The van der Waals surface area contributed by atoms with Crippen molar-refractivity contribution in [2.45, 2.75) is 12.8 Å². The van der Waals surface area contributed by atoms with Gasteiger partial charge in [-0.25, -0.2) is 4.79 Å². The lowest BCUT2D eigenvalue weighted by Gasteiger charge is -2.02. The Kier molecular flexibility index (Phi) is 5.53. The maximum absolute atomic E-state index is 10.8. The first-order chi connectivity index (χ1) is 12.2. The summed E-state index contributed by atoms with van der Waals surface area (Å²) in [5.41, 5.74) is 2.15. The van der Waals surface area contributed by atoms with Crippen LogP contribution in [0.3, 0.4) is 0 Å². The molecule has 6 nitrogen and oxygen atoms in total. The molecule has 3 aromatic rings. The Bertz CT molecular complexity index is 813. The summed E-state index contributed by atoms with van der Waals surface area (Å²) in [6.45, 7) is 1.15. The summed E-state index contributed by atoms with van der Waals surface area (Å²) in [5.74, 6) is -0.0985. The van der Waals surface area contributed by atoms with Crippen LogP contribution in [0.5, 0.6) is 0 Å². The zero-order valence-corrected chi connectivity index (χ0v) is 13.6. The van der Waals surface area contributed by atoms with Crippen LogP contribution in [-0.2, 0) is 17.6 Å². The molecule has 0 bridgehead atoms. The molecule has 1 heterocycles. The van der Waals surface area contributed by atoms with E-state index in [2.05, 4.69) is 22.3 Å². The van der Waals surface area contributed by atoms with E-state index in [-0.39, 0.29) is 5.56 Å². The second-order valence-corrected chi connectivity index (χ2v) is 5.48. The van der Waals surface area contributed by atoms with Gasteiger partial charge < -0.3 is 14.3 Å². The average molecular weight is 338 g/mol. The third-order valence-electron chi connectivity index (χ3n) is 3.68. The Labute approximate surface area is 145 Å². The van der Waals surface area contributed by atoms with Gasteiger partial charge in [-0.2, -0.15) is 0 Å². The molecule has 3 rings (SSSR count).